The molecule has 0 spiro atoms. The number of rotatable bonds is 0. The summed E-state index contributed by atoms with van der Waals surface area (Å²) in [5.74, 6) is 0.637. The molecule has 0 bridgehead atoms. The molecular formula is C20H14O4Ra2Ti. The van der Waals surface area contributed by atoms with Crippen LogP contribution >= 0.6 is 0 Å². The van der Waals surface area contributed by atoms with Gasteiger partial charge in [0.1, 0.15) is 0 Å². The van der Waals surface area contributed by atoms with Crippen molar-refractivity contribution in [2.24, 2.45) is 0 Å². The molecule has 0 atom stereocenters. The van der Waals surface area contributed by atoms with E-state index in [2.05, 4.69) is 0 Å². The molecule has 126 valence electrons. The second-order valence-corrected chi connectivity index (χ2v) is 8.22. The van der Waals surface area contributed by atoms with Gasteiger partial charge in [0, 0.05) is 0 Å². The minimum absolute atomic E-state index is 0. The van der Waals surface area contributed by atoms with Gasteiger partial charge in [-0.1, -0.05) is 0 Å². The quantitative estimate of drug-likeness (QED) is 0.256. The van der Waals surface area contributed by atoms with Crippen LogP contribution in [-0.2, 0) is 18.1 Å². The van der Waals surface area contributed by atoms with Gasteiger partial charge in [0.25, 0.3) is 0 Å². The van der Waals surface area contributed by atoms with Crippen LogP contribution in [0.3, 0.4) is 0 Å². The SMILES string of the molecule is [O-][Ti]1([O-])[O]c2ccc3ccccc3c2-c2c(ccc3ccccc23)[O]1.[RaH+].[RaH+]. The fourth-order valence-corrected chi connectivity index (χ4v) is 4.92. The van der Waals surface area contributed by atoms with Crippen LogP contribution in [-0.4, -0.2) is 0 Å². The molecule has 1 aliphatic rings. The van der Waals surface area contributed by atoms with E-state index in [0.717, 1.165) is 32.7 Å². The van der Waals surface area contributed by atoms with Gasteiger partial charge in [-0.25, -0.2) is 0 Å². The summed E-state index contributed by atoms with van der Waals surface area (Å²) >= 11 is -5.37. The molecular weight excluding hydrogens is 804 g/mol. The van der Waals surface area contributed by atoms with Crippen LogP contribution in [0.25, 0.3) is 32.7 Å². The van der Waals surface area contributed by atoms with Crippen LogP contribution in [0.15, 0.2) is 72.8 Å². The van der Waals surface area contributed by atoms with Crippen LogP contribution in [0.2, 0.25) is 0 Å². The normalized spacial score (nSPS) is 13.9. The van der Waals surface area contributed by atoms with Crippen molar-refractivity contribution < 1.29 is 122 Å². The van der Waals surface area contributed by atoms with Crippen LogP contribution < -0.4 is 14.0 Å². The van der Waals surface area contributed by atoms with E-state index < -0.39 is 18.1 Å². The average Bonchev–Trinajstić information content (AvgIpc) is 2.73. The molecule has 0 N–H and O–H groups in total. The summed E-state index contributed by atoms with van der Waals surface area (Å²) in [6.45, 7) is 0. The predicted molar refractivity (Wildman–Crippen MR) is 90.9 cm³/mol. The van der Waals surface area contributed by atoms with E-state index in [1.165, 1.54) is 0 Å². The summed E-state index contributed by atoms with van der Waals surface area (Å²) in [7, 11) is 0. The van der Waals surface area contributed by atoms with Crippen LogP contribution in [0.4, 0.5) is 0 Å². The van der Waals surface area contributed by atoms with Crippen molar-refractivity contribution in [3.8, 4) is 22.6 Å². The molecule has 0 saturated carbocycles. The van der Waals surface area contributed by atoms with Gasteiger partial charge in [-0.3, -0.25) is 0 Å². The molecule has 0 amide bonds. The first-order chi connectivity index (χ1) is 12.1. The second-order valence-electron chi connectivity index (χ2n) is 6.02. The number of hydrogen-bond donors (Lipinski definition) is 0. The molecule has 4 nitrogen and oxygen atoms in total. The Morgan fingerprint density at radius 2 is 0.963 bits per heavy atom. The Balaban J connectivity index is 0.00000105. The van der Waals surface area contributed by atoms with E-state index in [0.29, 0.717) is 11.5 Å². The third-order valence-electron chi connectivity index (χ3n) is 4.50. The first-order valence-corrected chi connectivity index (χ1v) is 10.5. The summed E-state index contributed by atoms with van der Waals surface area (Å²) in [5.41, 5.74) is 1.51. The Morgan fingerprint density at radius 3 is 1.41 bits per heavy atom. The zero-order valence-electron chi connectivity index (χ0n) is 15.1. The number of benzene rings is 4. The first kappa shape index (κ1) is 22.3. The Kier molecular flexibility index (Phi) is 7.21. The standard InChI is InChI=1S/C20H14O2.2O.2Ra.Ti.2H/c21-17-11-9-13-5-1-3-7-15(13)19(17)20-16-8-4-2-6-14(16)10-12-18(20)22;;;;;;;/h1-12,21-22H;;;;;;;/q;2*-1;2*+1;+2;;/p-2. The molecule has 0 saturated heterocycles. The zero-order valence-corrected chi connectivity index (χ0v) is 33.1. The minimum atomic E-state index is -5.37. The third-order valence-corrected chi connectivity index (χ3v) is 5.97. The Bertz CT molecular complexity index is 1060. The van der Waals surface area contributed by atoms with Gasteiger partial charge in [-0.2, -0.15) is 0 Å². The Labute approximate surface area is 235 Å². The summed E-state index contributed by atoms with van der Waals surface area (Å²) in [4.78, 5) is 0. The van der Waals surface area contributed by atoms with E-state index in [4.69, 9.17) is 6.64 Å². The predicted octanol–water partition coefficient (Wildman–Crippen LogP) is 2.43. The van der Waals surface area contributed by atoms with Crippen LogP contribution in [0, 0.1) is 90.0 Å². The molecule has 0 aliphatic carbocycles. The fourth-order valence-electron chi connectivity index (χ4n) is 3.48. The van der Waals surface area contributed by atoms with Crippen LogP contribution in [0.5, 0.6) is 11.5 Å². The molecule has 4 aromatic carbocycles. The van der Waals surface area contributed by atoms with Gasteiger partial charge in [0.2, 0.25) is 0 Å². The number of hydrogen-bond acceptors (Lipinski definition) is 4. The van der Waals surface area contributed by atoms with Gasteiger partial charge in [-0.15, -0.1) is 0 Å². The van der Waals surface area contributed by atoms with Gasteiger partial charge < -0.3 is 0 Å². The van der Waals surface area contributed by atoms with Crippen LogP contribution in [0.1, 0.15) is 0 Å². The van der Waals surface area contributed by atoms with Gasteiger partial charge in [0.15, 0.2) is 0 Å². The Morgan fingerprint density at radius 1 is 0.556 bits per heavy atom. The van der Waals surface area contributed by atoms with E-state index in [1.807, 2.05) is 60.7 Å². The summed E-state index contributed by atoms with van der Waals surface area (Å²) < 4.78 is 35.3. The van der Waals surface area contributed by atoms with Crippen molar-refractivity contribution >= 4 is 21.5 Å². The summed E-state index contributed by atoms with van der Waals surface area (Å²) in [6, 6.07) is 22.8. The summed E-state index contributed by atoms with van der Waals surface area (Å²) in [5, 5.41) is 3.89. The van der Waals surface area contributed by atoms with Gasteiger partial charge >= 0.3 is 239 Å². The van der Waals surface area contributed by atoms with Crippen molar-refractivity contribution in [1.82, 2.24) is 0 Å². The monoisotopic (exact) mass is 818 g/mol. The first-order valence-electron chi connectivity index (χ1n) is 7.95. The average molecular weight is 818 g/mol. The van der Waals surface area contributed by atoms with Crippen molar-refractivity contribution in [3.63, 3.8) is 0 Å². The molecule has 0 unspecified atom stereocenters. The maximum absolute atomic E-state index is 12.3. The van der Waals surface area contributed by atoms with Gasteiger partial charge in [-0.05, 0) is 0 Å². The molecule has 7 heteroatoms. The van der Waals surface area contributed by atoms with Crippen molar-refractivity contribution in [2.45, 2.75) is 0 Å². The molecule has 4 aromatic rings. The van der Waals surface area contributed by atoms with E-state index in [1.54, 1.807) is 12.1 Å². The van der Waals surface area contributed by atoms with Crippen molar-refractivity contribution in [2.75, 3.05) is 0 Å². The second kappa shape index (κ2) is 8.74. The summed E-state index contributed by atoms with van der Waals surface area (Å²) in [6.07, 6.45) is 0. The Hall–Kier alpha value is 0.569. The number of fused-ring (bicyclic) bond motifs is 7. The molecule has 0 aromatic heterocycles. The maximum atomic E-state index is 12.3. The van der Waals surface area contributed by atoms with Crippen molar-refractivity contribution in [1.29, 1.82) is 0 Å². The molecule has 0 fully saturated rings. The zero-order chi connectivity index (χ0) is 17.0. The molecule has 27 heavy (non-hydrogen) atoms. The molecule has 0 radical (unpaired) electrons. The van der Waals surface area contributed by atoms with Gasteiger partial charge in [0.05, 0.1) is 0 Å². The molecule has 1 aliphatic heterocycles. The van der Waals surface area contributed by atoms with Crippen molar-refractivity contribution in [3.05, 3.63) is 72.8 Å². The molecule has 5 rings (SSSR count). The fraction of sp³-hybridized carbons (Fsp3) is 0. The topological polar surface area (TPSA) is 64.6 Å². The van der Waals surface area contributed by atoms with E-state index >= 15 is 0 Å². The van der Waals surface area contributed by atoms with E-state index in [-0.39, 0.29) is 90.0 Å². The third kappa shape index (κ3) is 4.10. The van der Waals surface area contributed by atoms with E-state index in [9.17, 15) is 7.38 Å². The molecule has 1 heterocycles.